The molecule has 0 aromatic carbocycles. The van der Waals surface area contributed by atoms with E-state index in [1.54, 1.807) is 0 Å². The Bertz CT molecular complexity index is 61.7. The standard InChI is InChI=1S/C9H20O/c1-3-9(2)7-5-4-6-8-10/h9-10H,3-8H2,1-2H3/t9-/m0/s1. The van der Waals surface area contributed by atoms with Crippen molar-refractivity contribution in [1.82, 2.24) is 0 Å². The quantitative estimate of drug-likeness (QED) is 0.568. The third-order valence-corrected chi connectivity index (χ3v) is 2.05. The highest BCUT2D eigenvalue weighted by Gasteiger charge is 1.96. The summed E-state index contributed by atoms with van der Waals surface area (Å²) in [5.41, 5.74) is 0. The lowest BCUT2D eigenvalue weighted by atomic mass is 10.0. The summed E-state index contributed by atoms with van der Waals surface area (Å²) in [4.78, 5) is 0. The molecule has 0 rings (SSSR count). The smallest absolute Gasteiger partial charge is 0.0431 e. The van der Waals surface area contributed by atoms with Gasteiger partial charge in [-0.2, -0.15) is 0 Å². The monoisotopic (exact) mass is 144 g/mol. The summed E-state index contributed by atoms with van der Waals surface area (Å²) < 4.78 is 0. The Morgan fingerprint density at radius 2 is 1.90 bits per heavy atom. The fourth-order valence-electron chi connectivity index (χ4n) is 0.986. The van der Waals surface area contributed by atoms with Crippen LogP contribution in [0.2, 0.25) is 0 Å². The lowest BCUT2D eigenvalue weighted by Gasteiger charge is -2.06. The zero-order chi connectivity index (χ0) is 7.82. The fraction of sp³-hybridized carbons (Fsp3) is 1.00. The molecule has 1 N–H and O–H groups in total. The van der Waals surface area contributed by atoms with Crippen molar-refractivity contribution in [3.8, 4) is 0 Å². The molecule has 0 saturated heterocycles. The van der Waals surface area contributed by atoms with Gasteiger partial charge in [-0.05, 0) is 12.3 Å². The van der Waals surface area contributed by atoms with Gasteiger partial charge in [-0.25, -0.2) is 0 Å². The molecular weight excluding hydrogens is 124 g/mol. The molecule has 0 bridgehead atoms. The molecular formula is C9H20O. The summed E-state index contributed by atoms with van der Waals surface area (Å²) in [5, 5.41) is 8.49. The predicted octanol–water partition coefficient (Wildman–Crippen LogP) is 2.59. The SMILES string of the molecule is CC[C@H](C)CCCCCO. The first kappa shape index (κ1) is 9.96. The Labute approximate surface area is 64.5 Å². The molecule has 1 atom stereocenters. The van der Waals surface area contributed by atoms with Gasteiger partial charge in [0.05, 0.1) is 0 Å². The second kappa shape index (κ2) is 7.07. The third-order valence-electron chi connectivity index (χ3n) is 2.05. The normalized spacial score (nSPS) is 13.5. The van der Waals surface area contributed by atoms with E-state index in [0.717, 1.165) is 12.3 Å². The summed E-state index contributed by atoms with van der Waals surface area (Å²) in [6.07, 6.45) is 6.09. The highest BCUT2D eigenvalue weighted by molar-refractivity contribution is 4.50. The minimum Gasteiger partial charge on any atom is -0.396 e. The molecule has 1 heteroatoms. The van der Waals surface area contributed by atoms with E-state index in [1.165, 1.54) is 25.7 Å². The van der Waals surface area contributed by atoms with Gasteiger partial charge < -0.3 is 5.11 Å². The van der Waals surface area contributed by atoms with Crippen molar-refractivity contribution in [2.75, 3.05) is 6.61 Å². The molecule has 0 unspecified atom stereocenters. The van der Waals surface area contributed by atoms with Gasteiger partial charge in [-0.3, -0.25) is 0 Å². The molecule has 0 heterocycles. The third kappa shape index (κ3) is 6.09. The van der Waals surface area contributed by atoms with Gasteiger partial charge in [-0.1, -0.05) is 39.5 Å². The summed E-state index contributed by atoms with van der Waals surface area (Å²) in [7, 11) is 0. The maximum Gasteiger partial charge on any atom is 0.0431 e. The maximum atomic E-state index is 8.49. The van der Waals surface area contributed by atoms with Crippen LogP contribution in [0.15, 0.2) is 0 Å². The first-order chi connectivity index (χ1) is 4.81. The predicted molar refractivity (Wildman–Crippen MR) is 45.0 cm³/mol. The van der Waals surface area contributed by atoms with Crippen molar-refractivity contribution >= 4 is 0 Å². The van der Waals surface area contributed by atoms with E-state index in [0.29, 0.717) is 6.61 Å². The van der Waals surface area contributed by atoms with E-state index in [9.17, 15) is 0 Å². The van der Waals surface area contributed by atoms with Crippen molar-refractivity contribution in [3.63, 3.8) is 0 Å². The number of aliphatic hydroxyl groups excluding tert-OH is 1. The molecule has 0 aromatic rings. The van der Waals surface area contributed by atoms with Crippen LogP contribution < -0.4 is 0 Å². The number of rotatable bonds is 6. The van der Waals surface area contributed by atoms with Crippen molar-refractivity contribution in [3.05, 3.63) is 0 Å². The Hall–Kier alpha value is -0.0400. The topological polar surface area (TPSA) is 20.2 Å². The van der Waals surface area contributed by atoms with E-state index < -0.39 is 0 Å². The Morgan fingerprint density at radius 3 is 2.40 bits per heavy atom. The first-order valence-electron chi connectivity index (χ1n) is 4.42. The summed E-state index contributed by atoms with van der Waals surface area (Å²) >= 11 is 0. The Morgan fingerprint density at radius 1 is 1.20 bits per heavy atom. The number of unbranched alkanes of at least 4 members (excludes halogenated alkanes) is 2. The van der Waals surface area contributed by atoms with E-state index in [2.05, 4.69) is 13.8 Å². The van der Waals surface area contributed by atoms with Crippen molar-refractivity contribution < 1.29 is 5.11 Å². The van der Waals surface area contributed by atoms with Crippen LogP contribution in [-0.2, 0) is 0 Å². The van der Waals surface area contributed by atoms with E-state index in [4.69, 9.17) is 5.11 Å². The number of hydrogen-bond donors (Lipinski definition) is 1. The summed E-state index contributed by atoms with van der Waals surface area (Å²) in [5.74, 6) is 0.874. The Kier molecular flexibility index (Phi) is 7.04. The minimum atomic E-state index is 0.362. The fourth-order valence-corrected chi connectivity index (χ4v) is 0.986. The van der Waals surface area contributed by atoms with Crippen LogP contribution in [0, 0.1) is 5.92 Å². The van der Waals surface area contributed by atoms with Gasteiger partial charge in [0.2, 0.25) is 0 Å². The molecule has 0 amide bonds. The largest absolute Gasteiger partial charge is 0.396 e. The van der Waals surface area contributed by atoms with Gasteiger partial charge in [0.25, 0.3) is 0 Å². The molecule has 0 aliphatic heterocycles. The van der Waals surface area contributed by atoms with Crippen LogP contribution in [0.25, 0.3) is 0 Å². The second-order valence-electron chi connectivity index (χ2n) is 3.09. The van der Waals surface area contributed by atoms with Crippen LogP contribution in [0.4, 0.5) is 0 Å². The highest BCUT2D eigenvalue weighted by Crippen LogP contribution is 2.11. The van der Waals surface area contributed by atoms with Crippen molar-refractivity contribution in [1.29, 1.82) is 0 Å². The molecule has 0 radical (unpaired) electrons. The molecule has 0 fully saturated rings. The Balaban J connectivity index is 2.89. The lowest BCUT2D eigenvalue weighted by molar-refractivity contribution is 0.280. The molecule has 10 heavy (non-hydrogen) atoms. The number of aliphatic hydroxyl groups is 1. The van der Waals surface area contributed by atoms with Gasteiger partial charge in [0.1, 0.15) is 0 Å². The first-order valence-corrected chi connectivity index (χ1v) is 4.42. The molecule has 0 saturated carbocycles. The minimum absolute atomic E-state index is 0.362. The van der Waals surface area contributed by atoms with E-state index in [1.807, 2.05) is 0 Å². The molecule has 62 valence electrons. The van der Waals surface area contributed by atoms with Gasteiger partial charge >= 0.3 is 0 Å². The maximum absolute atomic E-state index is 8.49. The molecule has 0 aliphatic rings. The van der Waals surface area contributed by atoms with Crippen molar-refractivity contribution in [2.45, 2.75) is 46.0 Å². The van der Waals surface area contributed by atoms with Crippen molar-refractivity contribution in [2.24, 2.45) is 5.92 Å². The molecule has 0 spiro atoms. The summed E-state index contributed by atoms with van der Waals surface area (Å²) in [6.45, 7) is 4.89. The van der Waals surface area contributed by atoms with Gasteiger partial charge in [-0.15, -0.1) is 0 Å². The van der Waals surface area contributed by atoms with E-state index in [-0.39, 0.29) is 0 Å². The average Bonchev–Trinajstić information content (AvgIpc) is 1.98. The summed E-state index contributed by atoms with van der Waals surface area (Å²) in [6, 6.07) is 0. The lowest BCUT2D eigenvalue weighted by Crippen LogP contribution is -1.92. The van der Waals surface area contributed by atoms with Crippen LogP contribution in [0.5, 0.6) is 0 Å². The highest BCUT2D eigenvalue weighted by atomic mass is 16.2. The molecule has 1 nitrogen and oxygen atoms in total. The van der Waals surface area contributed by atoms with Gasteiger partial charge in [0, 0.05) is 6.61 Å². The number of hydrogen-bond acceptors (Lipinski definition) is 1. The van der Waals surface area contributed by atoms with Crippen LogP contribution in [-0.4, -0.2) is 11.7 Å². The zero-order valence-corrected chi connectivity index (χ0v) is 7.27. The second-order valence-corrected chi connectivity index (χ2v) is 3.09. The molecule has 0 aliphatic carbocycles. The van der Waals surface area contributed by atoms with E-state index >= 15 is 0 Å². The van der Waals surface area contributed by atoms with Crippen LogP contribution in [0.1, 0.15) is 46.0 Å². The van der Waals surface area contributed by atoms with Crippen LogP contribution >= 0.6 is 0 Å². The van der Waals surface area contributed by atoms with Gasteiger partial charge in [0.15, 0.2) is 0 Å². The average molecular weight is 144 g/mol. The zero-order valence-electron chi connectivity index (χ0n) is 7.27. The van der Waals surface area contributed by atoms with Crippen LogP contribution in [0.3, 0.4) is 0 Å². The molecule has 0 aromatic heterocycles.